The Kier molecular flexibility index (Phi) is 1.92. The highest BCUT2D eigenvalue weighted by Gasteiger charge is 2.08. The smallest absolute Gasteiger partial charge is 0.323 e. The van der Waals surface area contributed by atoms with E-state index in [2.05, 4.69) is 4.98 Å². The minimum absolute atomic E-state index is 0.203. The van der Waals surface area contributed by atoms with Crippen molar-refractivity contribution >= 4 is 17.0 Å². The molecule has 1 aromatic carbocycles. The van der Waals surface area contributed by atoms with Crippen LogP contribution in [0.4, 0.5) is 4.39 Å². The summed E-state index contributed by atoms with van der Waals surface area (Å²) in [5, 5.41) is 8.57. The van der Waals surface area contributed by atoms with Gasteiger partial charge in [-0.15, -0.1) is 0 Å². The predicted molar refractivity (Wildman–Crippen MR) is 47.3 cm³/mol. The Bertz CT molecular complexity index is 493. The number of aromatic nitrogens is 2. The molecule has 1 N–H and O–H groups in total. The maximum Gasteiger partial charge on any atom is 0.323 e. The SMILES string of the molecule is O=C(O)Cn1cnc2c(F)cccc21. The van der Waals surface area contributed by atoms with Gasteiger partial charge >= 0.3 is 5.97 Å². The Balaban J connectivity index is 2.58. The van der Waals surface area contributed by atoms with E-state index in [1.807, 2.05) is 0 Å². The molecule has 2 rings (SSSR count). The Labute approximate surface area is 78.6 Å². The van der Waals surface area contributed by atoms with Gasteiger partial charge in [0.1, 0.15) is 12.1 Å². The van der Waals surface area contributed by atoms with Crippen molar-refractivity contribution in [2.75, 3.05) is 0 Å². The van der Waals surface area contributed by atoms with E-state index >= 15 is 0 Å². The van der Waals surface area contributed by atoms with Gasteiger partial charge in [-0.25, -0.2) is 9.37 Å². The van der Waals surface area contributed by atoms with Gasteiger partial charge in [0.2, 0.25) is 0 Å². The van der Waals surface area contributed by atoms with Crippen molar-refractivity contribution < 1.29 is 14.3 Å². The summed E-state index contributed by atoms with van der Waals surface area (Å²) in [5.41, 5.74) is 0.696. The van der Waals surface area contributed by atoms with Gasteiger partial charge in [-0.2, -0.15) is 0 Å². The number of hydrogen-bond donors (Lipinski definition) is 1. The zero-order valence-corrected chi connectivity index (χ0v) is 7.14. The van der Waals surface area contributed by atoms with E-state index in [1.54, 1.807) is 6.07 Å². The maximum absolute atomic E-state index is 13.1. The molecule has 0 saturated carbocycles. The van der Waals surface area contributed by atoms with Crippen molar-refractivity contribution in [3.05, 3.63) is 30.3 Å². The van der Waals surface area contributed by atoms with Crippen LogP contribution in [0, 0.1) is 5.82 Å². The van der Waals surface area contributed by atoms with Crippen LogP contribution in [0.5, 0.6) is 0 Å². The molecule has 0 radical (unpaired) electrons. The fourth-order valence-electron chi connectivity index (χ4n) is 1.32. The largest absolute Gasteiger partial charge is 0.480 e. The summed E-state index contributed by atoms with van der Waals surface area (Å²) in [6.07, 6.45) is 1.32. The van der Waals surface area contributed by atoms with Gasteiger partial charge in [0.25, 0.3) is 0 Å². The average molecular weight is 194 g/mol. The molecule has 72 valence electrons. The Morgan fingerprint density at radius 3 is 3.07 bits per heavy atom. The number of carboxylic acids is 1. The van der Waals surface area contributed by atoms with Crippen molar-refractivity contribution in [2.45, 2.75) is 6.54 Å². The first-order valence-corrected chi connectivity index (χ1v) is 3.99. The molecule has 0 atom stereocenters. The van der Waals surface area contributed by atoms with Crippen molar-refractivity contribution in [3.8, 4) is 0 Å². The third-order valence-corrected chi connectivity index (χ3v) is 1.91. The number of rotatable bonds is 2. The normalized spacial score (nSPS) is 10.6. The first kappa shape index (κ1) is 8.68. The lowest BCUT2D eigenvalue weighted by Gasteiger charge is -1.98. The third-order valence-electron chi connectivity index (χ3n) is 1.91. The van der Waals surface area contributed by atoms with Gasteiger partial charge in [-0.1, -0.05) is 6.07 Å². The average Bonchev–Trinajstić information content (AvgIpc) is 2.49. The van der Waals surface area contributed by atoms with Gasteiger partial charge in [-0.05, 0) is 12.1 Å². The van der Waals surface area contributed by atoms with Crippen LogP contribution in [0.15, 0.2) is 24.5 Å². The molecule has 5 heteroatoms. The van der Waals surface area contributed by atoms with Gasteiger partial charge in [0, 0.05) is 0 Å². The standard InChI is InChI=1S/C9H7FN2O2/c10-6-2-1-3-7-9(6)11-5-12(7)4-8(13)14/h1-3,5H,4H2,(H,13,14). The van der Waals surface area contributed by atoms with Crippen LogP contribution in [-0.2, 0) is 11.3 Å². The number of imidazole rings is 1. The molecule has 0 aliphatic rings. The van der Waals surface area contributed by atoms with E-state index in [1.165, 1.54) is 23.0 Å². The first-order valence-electron chi connectivity index (χ1n) is 3.99. The molecular weight excluding hydrogens is 187 g/mol. The number of benzene rings is 1. The molecule has 14 heavy (non-hydrogen) atoms. The van der Waals surface area contributed by atoms with Crippen LogP contribution in [0.3, 0.4) is 0 Å². The first-order chi connectivity index (χ1) is 6.68. The van der Waals surface area contributed by atoms with Crippen LogP contribution in [-0.4, -0.2) is 20.6 Å². The van der Waals surface area contributed by atoms with E-state index in [0.717, 1.165) is 0 Å². The van der Waals surface area contributed by atoms with Gasteiger partial charge in [0.05, 0.1) is 11.8 Å². The highest BCUT2D eigenvalue weighted by molar-refractivity contribution is 5.78. The number of fused-ring (bicyclic) bond motifs is 1. The molecule has 1 heterocycles. The monoisotopic (exact) mass is 194 g/mol. The van der Waals surface area contributed by atoms with Crippen molar-refractivity contribution in [3.63, 3.8) is 0 Å². The minimum atomic E-state index is -0.978. The summed E-state index contributed by atoms with van der Waals surface area (Å²) in [4.78, 5) is 14.2. The summed E-state index contributed by atoms with van der Waals surface area (Å²) in [6.45, 7) is -0.208. The van der Waals surface area contributed by atoms with Crippen LogP contribution < -0.4 is 0 Å². The lowest BCUT2D eigenvalue weighted by Crippen LogP contribution is -2.07. The molecule has 0 spiro atoms. The number of carbonyl (C=O) groups is 1. The van der Waals surface area contributed by atoms with Crippen molar-refractivity contribution in [2.24, 2.45) is 0 Å². The third kappa shape index (κ3) is 1.32. The molecule has 1 aromatic heterocycles. The zero-order chi connectivity index (χ0) is 10.1. The predicted octanol–water partition coefficient (Wildman–Crippen LogP) is 1.26. The number of para-hydroxylation sites is 1. The van der Waals surface area contributed by atoms with Crippen molar-refractivity contribution in [1.82, 2.24) is 9.55 Å². The molecular formula is C9H7FN2O2. The van der Waals surface area contributed by atoms with Crippen LogP contribution in [0.25, 0.3) is 11.0 Å². The fourth-order valence-corrected chi connectivity index (χ4v) is 1.32. The number of aliphatic carboxylic acids is 1. The second-order valence-corrected chi connectivity index (χ2v) is 2.87. The van der Waals surface area contributed by atoms with Gasteiger partial charge < -0.3 is 9.67 Å². The van der Waals surface area contributed by atoms with Crippen LogP contribution in [0.1, 0.15) is 0 Å². The van der Waals surface area contributed by atoms with Crippen LogP contribution in [0.2, 0.25) is 0 Å². The summed E-state index contributed by atoms with van der Waals surface area (Å²) in [7, 11) is 0. The van der Waals surface area contributed by atoms with Gasteiger partial charge in [-0.3, -0.25) is 4.79 Å². The number of hydrogen-bond acceptors (Lipinski definition) is 2. The van der Waals surface area contributed by atoms with E-state index in [9.17, 15) is 9.18 Å². The Morgan fingerprint density at radius 2 is 2.36 bits per heavy atom. The number of halogens is 1. The maximum atomic E-state index is 13.1. The lowest BCUT2D eigenvalue weighted by molar-refractivity contribution is -0.137. The quantitative estimate of drug-likeness (QED) is 0.782. The Hall–Kier alpha value is -1.91. The van der Waals surface area contributed by atoms with E-state index in [4.69, 9.17) is 5.11 Å². The summed E-state index contributed by atoms with van der Waals surface area (Å²) in [6, 6.07) is 4.45. The molecule has 0 saturated heterocycles. The fraction of sp³-hybridized carbons (Fsp3) is 0.111. The minimum Gasteiger partial charge on any atom is -0.480 e. The molecule has 0 aliphatic carbocycles. The topological polar surface area (TPSA) is 55.1 Å². The second kappa shape index (κ2) is 3.10. The molecule has 0 aliphatic heterocycles. The number of nitrogens with zero attached hydrogens (tertiary/aromatic N) is 2. The molecule has 0 fully saturated rings. The molecule has 0 unspecified atom stereocenters. The molecule has 2 aromatic rings. The summed E-state index contributed by atoms with van der Waals surface area (Å²) in [5.74, 6) is -1.42. The molecule has 4 nitrogen and oxygen atoms in total. The highest BCUT2D eigenvalue weighted by atomic mass is 19.1. The molecule has 0 bridgehead atoms. The van der Waals surface area contributed by atoms with E-state index < -0.39 is 11.8 Å². The summed E-state index contributed by atoms with van der Waals surface area (Å²) < 4.78 is 14.5. The van der Waals surface area contributed by atoms with E-state index in [0.29, 0.717) is 5.52 Å². The summed E-state index contributed by atoms with van der Waals surface area (Å²) >= 11 is 0. The number of carboxylic acid groups (broad SMARTS) is 1. The zero-order valence-electron chi connectivity index (χ0n) is 7.14. The van der Waals surface area contributed by atoms with E-state index in [-0.39, 0.29) is 12.1 Å². The molecule has 0 amide bonds. The van der Waals surface area contributed by atoms with Gasteiger partial charge in [0.15, 0.2) is 5.82 Å². The highest BCUT2D eigenvalue weighted by Crippen LogP contribution is 2.15. The second-order valence-electron chi connectivity index (χ2n) is 2.87. The lowest BCUT2D eigenvalue weighted by atomic mass is 10.3. The van der Waals surface area contributed by atoms with Crippen LogP contribution >= 0.6 is 0 Å². The Morgan fingerprint density at radius 1 is 1.57 bits per heavy atom. The van der Waals surface area contributed by atoms with Crippen molar-refractivity contribution in [1.29, 1.82) is 0 Å².